The van der Waals surface area contributed by atoms with Gasteiger partial charge in [-0.3, -0.25) is 4.98 Å². The number of ether oxygens (including phenoxy) is 1. The molecule has 120 valence electrons. The van der Waals surface area contributed by atoms with Gasteiger partial charge in [0.05, 0.1) is 29.6 Å². The molecule has 0 saturated carbocycles. The fraction of sp³-hybridized carbons (Fsp3) is 0.389. The van der Waals surface area contributed by atoms with Crippen LogP contribution in [0.1, 0.15) is 27.7 Å². The van der Waals surface area contributed by atoms with Gasteiger partial charge >= 0.3 is 7.12 Å². The van der Waals surface area contributed by atoms with Gasteiger partial charge in [0.1, 0.15) is 5.75 Å². The SMILES string of the molecule is COc1cccc(-c2cccc(B3OC(C)(C)C(C)(C)O3)n2)c1. The van der Waals surface area contributed by atoms with Crippen LogP contribution in [0.15, 0.2) is 42.5 Å². The molecule has 3 rings (SSSR count). The molecule has 5 heteroatoms. The number of pyridine rings is 1. The topological polar surface area (TPSA) is 40.6 Å². The Balaban J connectivity index is 1.92. The van der Waals surface area contributed by atoms with E-state index in [1.54, 1.807) is 7.11 Å². The van der Waals surface area contributed by atoms with Crippen molar-refractivity contribution in [1.29, 1.82) is 0 Å². The molecule has 0 spiro atoms. The summed E-state index contributed by atoms with van der Waals surface area (Å²) >= 11 is 0. The predicted octanol–water partition coefficient (Wildman–Crippen LogP) is 3.06. The van der Waals surface area contributed by atoms with E-state index in [-0.39, 0.29) is 11.2 Å². The minimum Gasteiger partial charge on any atom is -0.497 e. The van der Waals surface area contributed by atoms with E-state index in [9.17, 15) is 0 Å². The standard InChI is InChI=1S/C18H22BNO3/c1-17(2)18(3,4)23-19(22-17)16-11-7-10-15(20-16)13-8-6-9-14(12-13)21-5/h6-12H,1-5H3. The molecule has 23 heavy (non-hydrogen) atoms. The number of nitrogens with zero attached hydrogens (tertiary/aromatic N) is 1. The van der Waals surface area contributed by atoms with Gasteiger partial charge in [0, 0.05) is 5.56 Å². The summed E-state index contributed by atoms with van der Waals surface area (Å²) in [7, 11) is 1.21. The van der Waals surface area contributed by atoms with E-state index in [1.165, 1.54) is 0 Å². The zero-order chi connectivity index (χ0) is 16.7. The Labute approximate surface area is 137 Å². The summed E-state index contributed by atoms with van der Waals surface area (Å²) < 4.78 is 17.4. The first kappa shape index (κ1) is 16.0. The molecule has 0 radical (unpaired) electrons. The summed E-state index contributed by atoms with van der Waals surface area (Å²) in [6, 6.07) is 13.7. The fourth-order valence-electron chi connectivity index (χ4n) is 2.49. The maximum absolute atomic E-state index is 6.08. The lowest BCUT2D eigenvalue weighted by Crippen LogP contribution is -2.41. The van der Waals surface area contributed by atoms with E-state index in [0.29, 0.717) is 0 Å². The third kappa shape index (κ3) is 2.99. The highest BCUT2D eigenvalue weighted by atomic mass is 16.7. The highest BCUT2D eigenvalue weighted by Crippen LogP contribution is 2.36. The summed E-state index contributed by atoms with van der Waals surface area (Å²) in [5.74, 6) is 0.810. The third-order valence-corrected chi connectivity index (χ3v) is 4.63. The molecule has 0 N–H and O–H groups in total. The Kier molecular flexibility index (Phi) is 3.94. The first-order chi connectivity index (χ1) is 10.8. The van der Waals surface area contributed by atoms with Gasteiger partial charge in [0.25, 0.3) is 0 Å². The van der Waals surface area contributed by atoms with Crippen molar-refractivity contribution in [3.05, 3.63) is 42.5 Å². The summed E-state index contributed by atoms with van der Waals surface area (Å²) in [5.41, 5.74) is 1.92. The van der Waals surface area contributed by atoms with Gasteiger partial charge in [-0.25, -0.2) is 0 Å². The molecular weight excluding hydrogens is 289 g/mol. The lowest BCUT2D eigenvalue weighted by atomic mass is 9.84. The van der Waals surface area contributed by atoms with Crippen LogP contribution in [0.4, 0.5) is 0 Å². The second-order valence-corrected chi connectivity index (χ2v) is 6.77. The molecule has 1 aliphatic heterocycles. The van der Waals surface area contributed by atoms with Crippen LogP contribution in [-0.2, 0) is 9.31 Å². The molecule has 0 bridgehead atoms. The van der Waals surface area contributed by atoms with Gasteiger partial charge in [-0.1, -0.05) is 18.2 Å². The van der Waals surface area contributed by atoms with Crippen molar-refractivity contribution in [2.75, 3.05) is 7.11 Å². The number of aromatic nitrogens is 1. The summed E-state index contributed by atoms with van der Waals surface area (Å²) in [4.78, 5) is 4.73. The highest BCUT2D eigenvalue weighted by molar-refractivity contribution is 6.61. The Hall–Kier alpha value is -1.85. The molecule has 0 aliphatic carbocycles. The first-order valence-electron chi connectivity index (χ1n) is 7.79. The van der Waals surface area contributed by atoms with Gasteiger partial charge in [-0.15, -0.1) is 0 Å². The van der Waals surface area contributed by atoms with E-state index in [4.69, 9.17) is 19.0 Å². The summed E-state index contributed by atoms with van der Waals surface area (Å²) in [6.45, 7) is 8.16. The number of rotatable bonds is 3. The molecule has 1 saturated heterocycles. The second kappa shape index (κ2) is 5.66. The largest absolute Gasteiger partial charge is 0.514 e. The normalized spacial score (nSPS) is 18.9. The smallest absolute Gasteiger partial charge is 0.497 e. The lowest BCUT2D eigenvalue weighted by Gasteiger charge is -2.32. The number of methoxy groups -OCH3 is 1. The van der Waals surface area contributed by atoms with Crippen LogP contribution in [0, 0.1) is 0 Å². The Morgan fingerprint density at radius 3 is 2.26 bits per heavy atom. The Morgan fingerprint density at radius 1 is 0.957 bits per heavy atom. The molecule has 0 amide bonds. The molecule has 0 unspecified atom stereocenters. The van der Waals surface area contributed by atoms with Crippen LogP contribution in [-0.4, -0.2) is 30.4 Å². The number of hydrogen-bond acceptors (Lipinski definition) is 4. The average molecular weight is 311 g/mol. The maximum Gasteiger partial charge on any atom is 0.514 e. The van der Waals surface area contributed by atoms with E-state index in [2.05, 4.69) is 0 Å². The van der Waals surface area contributed by atoms with Crippen molar-refractivity contribution < 1.29 is 14.0 Å². The van der Waals surface area contributed by atoms with Crippen LogP contribution in [0.5, 0.6) is 5.75 Å². The molecule has 1 aromatic carbocycles. The van der Waals surface area contributed by atoms with Crippen LogP contribution < -0.4 is 10.3 Å². The molecule has 2 aromatic rings. The van der Waals surface area contributed by atoms with Crippen molar-refractivity contribution in [2.45, 2.75) is 38.9 Å². The zero-order valence-corrected chi connectivity index (χ0v) is 14.3. The van der Waals surface area contributed by atoms with E-state index in [1.807, 2.05) is 70.2 Å². The van der Waals surface area contributed by atoms with Gasteiger partial charge in [-0.2, -0.15) is 0 Å². The van der Waals surface area contributed by atoms with Crippen molar-refractivity contribution in [3.8, 4) is 17.0 Å². The summed E-state index contributed by atoms with van der Waals surface area (Å²) in [6.07, 6.45) is 0. The molecule has 1 aliphatic rings. The van der Waals surface area contributed by atoms with Crippen molar-refractivity contribution in [1.82, 2.24) is 4.98 Å². The Bertz CT molecular complexity index is 699. The van der Waals surface area contributed by atoms with Crippen molar-refractivity contribution in [3.63, 3.8) is 0 Å². The Morgan fingerprint density at radius 2 is 1.61 bits per heavy atom. The van der Waals surface area contributed by atoms with Gasteiger partial charge in [0.15, 0.2) is 0 Å². The molecule has 2 heterocycles. The average Bonchev–Trinajstić information content (AvgIpc) is 2.76. The molecule has 1 aromatic heterocycles. The molecule has 4 nitrogen and oxygen atoms in total. The molecule has 0 atom stereocenters. The minimum atomic E-state index is -0.453. The lowest BCUT2D eigenvalue weighted by molar-refractivity contribution is 0.00578. The highest BCUT2D eigenvalue weighted by Gasteiger charge is 2.52. The molecular formula is C18H22BNO3. The monoisotopic (exact) mass is 311 g/mol. The number of benzene rings is 1. The van der Waals surface area contributed by atoms with Crippen LogP contribution in [0.2, 0.25) is 0 Å². The maximum atomic E-state index is 6.08. The van der Waals surface area contributed by atoms with Crippen molar-refractivity contribution in [2.24, 2.45) is 0 Å². The van der Waals surface area contributed by atoms with E-state index < -0.39 is 7.12 Å². The van der Waals surface area contributed by atoms with Crippen LogP contribution in [0.3, 0.4) is 0 Å². The number of hydrogen-bond donors (Lipinski definition) is 0. The second-order valence-electron chi connectivity index (χ2n) is 6.77. The fourth-order valence-corrected chi connectivity index (χ4v) is 2.49. The van der Waals surface area contributed by atoms with Gasteiger partial charge in [0.2, 0.25) is 0 Å². The van der Waals surface area contributed by atoms with Crippen LogP contribution in [0.25, 0.3) is 11.3 Å². The van der Waals surface area contributed by atoms with E-state index in [0.717, 1.165) is 22.6 Å². The third-order valence-electron chi connectivity index (χ3n) is 4.63. The zero-order valence-electron chi connectivity index (χ0n) is 14.3. The van der Waals surface area contributed by atoms with Crippen LogP contribution >= 0.6 is 0 Å². The van der Waals surface area contributed by atoms with E-state index >= 15 is 0 Å². The van der Waals surface area contributed by atoms with Crippen molar-refractivity contribution >= 4 is 12.7 Å². The minimum absolute atomic E-state index is 0.370. The predicted molar refractivity (Wildman–Crippen MR) is 91.9 cm³/mol. The molecule has 1 fully saturated rings. The first-order valence-corrected chi connectivity index (χ1v) is 7.79. The van der Waals surface area contributed by atoms with Gasteiger partial charge < -0.3 is 14.0 Å². The quantitative estimate of drug-likeness (QED) is 0.817. The van der Waals surface area contributed by atoms with Gasteiger partial charge in [-0.05, 0) is 52.0 Å². The summed E-state index contributed by atoms with van der Waals surface area (Å²) in [5, 5.41) is 0.